The number of hydrogen-bond acceptors (Lipinski definition) is 5. The highest BCUT2D eigenvalue weighted by atomic mass is 16.5. The molecule has 0 atom stereocenters. The number of rotatable bonds is 2. The summed E-state index contributed by atoms with van der Waals surface area (Å²) < 4.78 is 5.05. The summed E-state index contributed by atoms with van der Waals surface area (Å²) in [5, 5.41) is 11.6. The predicted molar refractivity (Wildman–Crippen MR) is 50.2 cm³/mol. The van der Waals surface area contributed by atoms with Crippen LogP contribution in [0.15, 0.2) is 22.9 Å². The lowest BCUT2D eigenvalue weighted by Gasteiger charge is -1.96. The van der Waals surface area contributed by atoms with Crippen LogP contribution in [0.2, 0.25) is 0 Å². The zero-order valence-electron chi connectivity index (χ0n) is 7.77. The largest absolute Gasteiger partial charge is 0.354 e. The SMILES string of the molecule is Cc1ccc(-c2oncc2CN)nn1. The Balaban J connectivity index is 2.44. The van der Waals surface area contributed by atoms with E-state index in [-0.39, 0.29) is 0 Å². The summed E-state index contributed by atoms with van der Waals surface area (Å²) in [6.45, 7) is 2.26. The van der Waals surface area contributed by atoms with Gasteiger partial charge in [0.2, 0.25) is 0 Å². The van der Waals surface area contributed by atoms with E-state index in [2.05, 4.69) is 15.4 Å². The fourth-order valence-corrected chi connectivity index (χ4v) is 1.14. The Morgan fingerprint density at radius 3 is 2.86 bits per heavy atom. The van der Waals surface area contributed by atoms with Gasteiger partial charge in [-0.1, -0.05) is 5.16 Å². The maximum atomic E-state index is 5.51. The van der Waals surface area contributed by atoms with E-state index in [0.29, 0.717) is 18.0 Å². The number of nitrogens with zero attached hydrogens (tertiary/aromatic N) is 3. The smallest absolute Gasteiger partial charge is 0.191 e. The Morgan fingerprint density at radius 1 is 1.36 bits per heavy atom. The molecule has 0 spiro atoms. The van der Waals surface area contributed by atoms with Gasteiger partial charge in [-0.05, 0) is 19.1 Å². The van der Waals surface area contributed by atoms with Crippen LogP contribution in [0.4, 0.5) is 0 Å². The van der Waals surface area contributed by atoms with E-state index in [4.69, 9.17) is 10.3 Å². The Hall–Kier alpha value is -1.75. The molecule has 0 radical (unpaired) electrons. The molecule has 0 aliphatic rings. The third-order valence-corrected chi connectivity index (χ3v) is 1.89. The van der Waals surface area contributed by atoms with Gasteiger partial charge >= 0.3 is 0 Å². The number of nitrogens with two attached hydrogens (primary N) is 1. The summed E-state index contributed by atoms with van der Waals surface area (Å²) in [4.78, 5) is 0. The second-order valence-electron chi connectivity index (χ2n) is 2.94. The molecule has 14 heavy (non-hydrogen) atoms. The molecule has 5 nitrogen and oxygen atoms in total. The normalized spacial score (nSPS) is 10.4. The van der Waals surface area contributed by atoms with E-state index >= 15 is 0 Å². The molecule has 5 heteroatoms. The lowest BCUT2D eigenvalue weighted by atomic mass is 10.2. The van der Waals surface area contributed by atoms with Gasteiger partial charge in [-0.3, -0.25) is 0 Å². The first-order valence-electron chi connectivity index (χ1n) is 4.25. The fourth-order valence-electron chi connectivity index (χ4n) is 1.14. The van der Waals surface area contributed by atoms with Crippen molar-refractivity contribution in [1.29, 1.82) is 0 Å². The van der Waals surface area contributed by atoms with Crippen LogP contribution in [0.1, 0.15) is 11.3 Å². The van der Waals surface area contributed by atoms with Crippen LogP contribution in [-0.4, -0.2) is 15.4 Å². The number of aromatic nitrogens is 3. The lowest BCUT2D eigenvalue weighted by molar-refractivity contribution is 0.430. The van der Waals surface area contributed by atoms with Gasteiger partial charge in [0.1, 0.15) is 5.69 Å². The molecule has 0 unspecified atom stereocenters. The van der Waals surface area contributed by atoms with Gasteiger partial charge in [0, 0.05) is 12.1 Å². The van der Waals surface area contributed by atoms with Crippen LogP contribution in [0.5, 0.6) is 0 Å². The zero-order chi connectivity index (χ0) is 9.97. The average molecular weight is 190 g/mol. The molecular formula is C9H10N4O. The molecule has 0 saturated carbocycles. The average Bonchev–Trinajstić information content (AvgIpc) is 2.67. The van der Waals surface area contributed by atoms with Crippen LogP contribution >= 0.6 is 0 Å². The van der Waals surface area contributed by atoms with Crippen molar-refractivity contribution >= 4 is 0 Å². The Kier molecular flexibility index (Phi) is 2.24. The minimum atomic E-state index is 0.383. The van der Waals surface area contributed by atoms with Crippen molar-refractivity contribution in [2.24, 2.45) is 5.73 Å². The van der Waals surface area contributed by atoms with Crippen molar-refractivity contribution in [2.75, 3.05) is 0 Å². The second kappa shape index (κ2) is 3.55. The van der Waals surface area contributed by atoms with Crippen molar-refractivity contribution < 1.29 is 4.52 Å². The summed E-state index contributed by atoms with van der Waals surface area (Å²) in [7, 11) is 0. The van der Waals surface area contributed by atoms with Gasteiger partial charge in [-0.15, -0.1) is 5.10 Å². The minimum Gasteiger partial charge on any atom is -0.354 e. The summed E-state index contributed by atoms with van der Waals surface area (Å²) in [6.07, 6.45) is 1.59. The second-order valence-corrected chi connectivity index (χ2v) is 2.94. The molecule has 0 saturated heterocycles. The molecule has 0 amide bonds. The zero-order valence-corrected chi connectivity index (χ0v) is 7.77. The Bertz CT molecular complexity index is 421. The van der Waals surface area contributed by atoms with Gasteiger partial charge in [-0.25, -0.2) is 0 Å². The van der Waals surface area contributed by atoms with Crippen molar-refractivity contribution in [3.8, 4) is 11.5 Å². The van der Waals surface area contributed by atoms with Gasteiger partial charge in [0.25, 0.3) is 0 Å². The van der Waals surface area contributed by atoms with Gasteiger partial charge in [0.15, 0.2) is 5.76 Å². The third-order valence-electron chi connectivity index (χ3n) is 1.89. The maximum absolute atomic E-state index is 5.51. The fraction of sp³-hybridized carbons (Fsp3) is 0.222. The predicted octanol–water partition coefficient (Wildman–Crippen LogP) is 0.899. The highest BCUT2D eigenvalue weighted by Crippen LogP contribution is 2.20. The maximum Gasteiger partial charge on any atom is 0.191 e. The molecule has 0 fully saturated rings. The first-order chi connectivity index (χ1) is 6.81. The monoisotopic (exact) mass is 190 g/mol. The van der Waals surface area contributed by atoms with Crippen LogP contribution in [0, 0.1) is 6.92 Å². The first-order valence-corrected chi connectivity index (χ1v) is 4.25. The molecule has 2 aromatic heterocycles. The van der Waals surface area contributed by atoms with Crippen LogP contribution in [0.25, 0.3) is 11.5 Å². The molecule has 2 N–H and O–H groups in total. The van der Waals surface area contributed by atoms with Crippen LogP contribution in [-0.2, 0) is 6.54 Å². The molecular weight excluding hydrogens is 180 g/mol. The molecule has 0 bridgehead atoms. The number of aryl methyl sites for hydroxylation is 1. The van der Waals surface area contributed by atoms with Crippen molar-refractivity contribution in [2.45, 2.75) is 13.5 Å². The minimum absolute atomic E-state index is 0.383. The summed E-state index contributed by atoms with van der Waals surface area (Å²) >= 11 is 0. The third kappa shape index (κ3) is 1.49. The molecule has 0 aliphatic heterocycles. The first kappa shape index (κ1) is 8.83. The van der Waals surface area contributed by atoms with Crippen molar-refractivity contribution in [1.82, 2.24) is 15.4 Å². The van der Waals surface area contributed by atoms with Crippen molar-refractivity contribution in [3.63, 3.8) is 0 Å². The van der Waals surface area contributed by atoms with Gasteiger partial charge in [-0.2, -0.15) is 5.10 Å². The van der Waals surface area contributed by atoms with Crippen LogP contribution < -0.4 is 5.73 Å². The Morgan fingerprint density at radius 2 is 2.21 bits per heavy atom. The van der Waals surface area contributed by atoms with Gasteiger partial charge in [0.05, 0.1) is 11.9 Å². The van der Waals surface area contributed by atoms with Gasteiger partial charge < -0.3 is 10.3 Å². The van der Waals surface area contributed by atoms with Crippen molar-refractivity contribution in [3.05, 3.63) is 29.6 Å². The highest BCUT2D eigenvalue weighted by Gasteiger charge is 2.10. The molecule has 2 heterocycles. The van der Waals surface area contributed by atoms with E-state index in [9.17, 15) is 0 Å². The quantitative estimate of drug-likeness (QED) is 0.761. The highest BCUT2D eigenvalue weighted by molar-refractivity contribution is 5.55. The van der Waals surface area contributed by atoms with E-state index in [1.165, 1.54) is 0 Å². The standard InChI is InChI=1S/C9H10N4O/c1-6-2-3-8(13-12-6)9-7(4-10)5-11-14-9/h2-3,5H,4,10H2,1H3. The van der Waals surface area contributed by atoms with E-state index in [1.807, 2.05) is 19.1 Å². The molecule has 2 aromatic rings. The number of hydrogen-bond donors (Lipinski definition) is 1. The van der Waals surface area contributed by atoms with E-state index < -0.39 is 0 Å². The summed E-state index contributed by atoms with van der Waals surface area (Å²) in [6, 6.07) is 3.70. The molecule has 0 aromatic carbocycles. The summed E-state index contributed by atoms with van der Waals surface area (Å²) in [5.74, 6) is 0.597. The van der Waals surface area contributed by atoms with E-state index in [0.717, 1.165) is 11.3 Å². The topological polar surface area (TPSA) is 77.8 Å². The molecule has 0 aliphatic carbocycles. The molecule has 72 valence electrons. The lowest BCUT2D eigenvalue weighted by Crippen LogP contribution is -1.97. The van der Waals surface area contributed by atoms with E-state index in [1.54, 1.807) is 6.20 Å². The van der Waals surface area contributed by atoms with Crippen LogP contribution in [0.3, 0.4) is 0 Å². The Labute approximate surface area is 80.9 Å². The molecule has 2 rings (SSSR count). The summed E-state index contributed by atoms with van der Waals surface area (Å²) in [5.41, 5.74) is 7.87.